The quantitative estimate of drug-likeness (QED) is 0.0764. The van der Waals surface area contributed by atoms with Gasteiger partial charge in [0, 0.05) is 22.3 Å². The molecule has 0 atom stereocenters. The molecule has 2 fully saturated rings. The van der Waals surface area contributed by atoms with Crippen LogP contribution in [0.3, 0.4) is 0 Å². The number of phenols is 4. The molecule has 440 valence electrons. The fourth-order valence-electron chi connectivity index (χ4n) is 16.6. The van der Waals surface area contributed by atoms with E-state index >= 15 is 0 Å². The van der Waals surface area contributed by atoms with Gasteiger partial charge in [-0.25, -0.2) is 0 Å². The van der Waals surface area contributed by atoms with Crippen LogP contribution in [0, 0.1) is 0 Å². The third-order valence-electron chi connectivity index (χ3n) is 21.2. The van der Waals surface area contributed by atoms with Gasteiger partial charge in [0.1, 0.15) is 34.2 Å². The summed E-state index contributed by atoms with van der Waals surface area (Å²) in [5.74, 6) is 0.135. The van der Waals surface area contributed by atoms with E-state index in [0.717, 1.165) is 162 Å². The van der Waals surface area contributed by atoms with Gasteiger partial charge in [0.05, 0.1) is 11.2 Å². The van der Waals surface area contributed by atoms with Gasteiger partial charge in [0.25, 0.3) is 0 Å². The molecule has 17 rings (SSSR count). The number of aromatic hydroxyl groups is 4. The minimum Gasteiger partial charge on any atom is -0.507 e. The van der Waals surface area contributed by atoms with Gasteiger partial charge in [-0.15, -0.1) is 0 Å². The summed E-state index contributed by atoms with van der Waals surface area (Å²) in [6.45, 7) is 0. The molecule has 0 bridgehead atoms. The first-order valence-electron chi connectivity index (χ1n) is 31.6. The summed E-state index contributed by atoms with van der Waals surface area (Å²) in [4.78, 5) is 0. The molecule has 3 aliphatic carbocycles. The number of benzene rings is 14. The van der Waals surface area contributed by atoms with Crippen molar-refractivity contribution in [3.05, 3.63) is 263 Å². The minimum atomic E-state index is -1.72. The lowest BCUT2D eigenvalue weighted by molar-refractivity contribution is -0.000846. The fourth-order valence-corrected chi connectivity index (χ4v) is 16.6. The number of hydrogen-bond acceptors (Lipinski definition) is 8. The summed E-state index contributed by atoms with van der Waals surface area (Å²) in [5.41, 5.74) is 2.11. The summed E-state index contributed by atoms with van der Waals surface area (Å²) >= 11 is 0. The van der Waals surface area contributed by atoms with Crippen LogP contribution in [-0.4, -0.2) is 40.9 Å². The highest BCUT2D eigenvalue weighted by molar-refractivity contribution is 6.21. The number of rotatable bonds is 6. The molecule has 2 saturated carbocycles. The number of phenolic OH excluding ortho intramolecular Hbond substituents is 4. The van der Waals surface area contributed by atoms with Crippen LogP contribution in [0.5, 0.6) is 23.0 Å². The third-order valence-corrected chi connectivity index (χ3v) is 21.2. The van der Waals surface area contributed by atoms with Gasteiger partial charge in [0.2, 0.25) is 0 Å². The van der Waals surface area contributed by atoms with Gasteiger partial charge in [-0.3, -0.25) is 0 Å². The smallest absolute Gasteiger partial charge is 0.141 e. The molecule has 90 heavy (non-hydrogen) atoms. The molecule has 0 aromatic heterocycles. The molecule has 8 heteroatoms. The Kier molecular flexibility index (Phi) is 12.0. The Bertz CT molecular complexity index is 5020. The Balaban J connectivity index is 0.747. The summed E-state index contributed by atoms with van der Waals surface area (Å²) < 4.78 is 0. The predicted molar refractivity (Wildman–Crippen MR) is 362 cm³/mol. The van der Waals surface area contributed by atoms with Crippen LogP contribution in [0.2, 0.25) is 0 Å². The summed E-state index contributed by atoms with van der Waals surface area (Å²) in [5, 5.41) is 112. The predicted octanol–water partition coefficient (Wildman–Crippen LogP) is 18.3. The Morgan fingerprint density at radius 1 is 0.222 bits per heavy atom. The van der Waals surface area contributed by atoms with Gasteiger partial charge in [0.15, 0.2) is 0 Å². The molecule has 14 aromatic rings. The Morgan fingerprint density at radius 2 is 0.456 bits per heavy atom. The Morgan fingerprint density at radius 3 is 0.733 bits per heavy atom. The molecule has 0 saturated heterocycles. The topological polar surface area (TPSA) is 162 Å². The van der Waals surface area contributed by atoms with Crippen molar-refractivity contribution in [1.82, 2.24) is 0 Å². The van der Waals surface area contributed by atoms with Crippen LogP contribution in [0.1, 0.15) is 109 Å². The second-order valence-electron chi connectivity index (χ2n) is 25.9. The monoisotopic (exact) mass is 1180 g/mol. The van der Waals surface area contributed by atoms with Crippen molar-refractivity contribution in [3.63, 3.8) is 0 Å². The second-order valence-corrected chi connectivity index (χ2v) is 25.9. The van der Waals surface area contributed by atoms with E-state index in [1.165, 1.54) is 0 Å². The summed E-state index contributed by atoms with van der Waals surface area (Å²) in [7, 11) is 0. The highest BCUT2D eigenvalue weighted by Gasteiger charge is 2.51. The van der Waals surface area contributed by atoms with E-state index in [0.29, 0.717) is 55.6 Å². The van der Waals surface area contributed by atoms with E-state index in [-0.39, 0.29) is 23.0 Å². The van der Waals surface area contributed by atoms with Gasteiger partial charge >= 0.3 is 0 Å². The van der Waals surface area contributed by atoms with Crippen molar-refractivity contribution in [2.75, 3.05) is 0 Å². The minimum absolute atomic E-state index is 0.0287. The lowest BCUT2D eigenvalue weighted by Gasteiger charge is -2.45. The number of aliphatic hydroxyl groups is 4. The Labute approximate surface area is 519 Å². The maximum atomic E-state index is 13.7. The van der Waals surface area contributed by atoms with E-state index in [2.05, 4.69) is 24.3 Å². The van der Waals surface area contributed by atoms with Crippen molar-refractivity contribution in [2.24, 2.45) is 0 Å². The van der Waals surface area contributed by atoms with Crippen LogP contribution in [0.4, 0.5) is 0 Å². The van der Waals surface area contributed by atoms with Crippen LogP contribution >= 0.6 is 0 Å². The second kappa shape index (κ2) is 19.9. The van der Waals surface area contributed by atoms with Crippen molar-refractivity contribution in [1.29, 1.82) is 0 Å². The first-order chi connectivity index (χ1) is 43.7. The molecule has 8 nitrogen and oxygen atoms in total. The van der Waals surface area contributed by atoms with Crippen LogP contribution in [0.25, 0.3) is 108 Å². The summed E-state index contributed by atoms with van der Waals surface area (Å²) in [6.07, 6.45) is 9.24. The highest BCUT2D eigenvalue weighted by Crippen LogP contribution is 2.56. The maximum Gasteiger partial charge on any atom is 0.141 e. The Hall–Kier alpha value is -9.80. The zero-order chi connectivity index (χ0) is 61.0. The molecule has 0 aliphatic heterocycles. The largest absolute Gasteiger partial charge is 0.507 e. The molecule has 0 amide bonds. The van der Waals surface area contributed by atoms with Crippen LogP contribution in [-0.2, 0) is 22.4 Å². The van der Waals surface area contributed by atoms with E-state index in [1.54, 1.807) is 24.3 Å². The third kappa shape index (κ3) is 7.82. The molecule has 0 spiro atoms. The normalized spacial score (nSPS) is 18.9. The standard InChI is InChI=1S/C82H64O8/c83-71-35-31-59-55-27-19-51(79(87)39-7-1-8-40-79)43-47(55)15-23-63(59)75(71)77-65-25-17-49-45-53(21-29-57(49)61(65)33-37-73(77)85)81(89)67-11-3-5-13-69(67)82(90,70-14-6-4-12-68(70)81)54-22-30-58-50(46-54)18-26-66-62(58)34-38-74(86)78(66)76-64-24-16-48-44-52(80(88)41-9-2-10-42-80)20-28-56(48)60(64)32-36-72(76)84/h3-6,11-38,43-46,83-90H,1-2,7-10,39-42H2. The van der Waals surface area contributed by atoms with E-state index in [4.69, 9.17) is 0 Å². The fraction of sp³-hybridized carbons (Fsp3) is 0.171. The first kappa shape index (κ1) is 54.4. The zero-order valence-electron chi connectivity index (χ0n) is 49.4. The molecular formula is C82H64O8. The molecule has 0 heterocycles. The molecule has 8 N–H and O–H groups in total. The summed E-state index contributed by atoms with van der Waals surface area (Å²) in [6, 6.07) is 69.8. The number of hydrogen-bond donors (Lipinski definition) is 8. The SMILES string of the molecule is Oc1ccc2c(ccc3cc(C4(O)CCCCC4)ccc32)c1-c1c(O)ccc2c1ccc1cc(C3(O)c4ccccc4C(O)(c4ccc5c(ccc6c(-c7c(O)ccc8c7ccc7cc(C9(O)CCCCC9)ccc78)c(O)ccc65)c4)c4ccccc43)ccc12. The molecule has 3 aliphatic rings. The number of fused-ring (bicyclic) bond motifs is 14. The maximum absolute atomic E-state index is 13.7. The first-order valence-corrected chi connectivity index (χ1v) is 31.6. The van der Waals surface area contributed by atoms with E-state index in [1.807, 2.05) is 170 Å². The van der Waals surface area contributed by atoms with Crippen molar-refractivity contribution < 1.29 is 40.9 Å². The zero-order valence-corrected chi connectivity index (χ0v) is 49.4. The van der Waals surface area contributed by atoms with Crippen molar-refractivity contribution in [3.8, 4) is 45.3 Å². The van der Waals surface area contributed by atoms with E-state index in [9.17, 15) is 40.9 Å². The van der Waals surface area contributed by atoms with Crippen LogP contribution < -0.4 is 0 Å². The van der Waals surface area contributed by atoms with E-state index < -0.39 is 22.4 Å². The molecule has 0 unspecified atom stereocenters. The van der Waals surface area contributed by atoms with Crippen molar-refractivity contribution >= 4 is 86.2 Å². The van der Waals surface area contributed by atoms with Gasteiger partial charge in [-0.2, -0.15) is 0 Å². The van der Waals surface area contributed by atoms with Gasteiger partial charge in [-0.1, -0.05) is 208 Å². The van der Waals surface area contributed by atoms with Crippen molar-refractivity contribution in [2.45, 2.75) is 86.6 Å². The average Bonchev–Trinajstić information content (AvgIpc) is 0.699. The van der Waals surface area contributed by atoms with Gasteiger partial charge < -0.3 is 40.9 Å². The molecular weight excluding hydrogens is 1110 g/mol. The average molecular weight is 1180 g/mol. The molecule has 0 radical (unpaired) electrons. The van der Waals surface area contributed by atoms with Gasteiger partial charge in [-0.05, 0) is 205 Å². The molecule has 14 aromatic carbocycles. The van der Waals surface area contributed by atoms with Crippen LogP contribution in [0.15, 0.2) is 218 Å². The lowest BCUT2D eigenvalue weighted by atomic mass is 9.63. The highest BCUT2D eigenvalue weighted by atomic mass is 16.3. The lowest BCUT2D eigenvalue weighted by Crippen LogP contribution is -2.44.